The van der Waals surface area contributed by atoms with E-state index in [1.807, 2.05) is 0 Å². The van der Waals surface area contributed by atoms with E-state index in [0.717, 1.165) is 6.07 Å². The molecule has 9 nitrogen and oxygen atoms in total. The van der Waals surface area contributed by atoms with Crippen LogP contribution in [-0.4, -0.2) is 30.2 Å². The molecule has 0 fully saturated rings. The fourth-order valence-corrected chi connectivity index (χ4v) is 4.34. The number of nitrogens with zero attached hydrogens (tertiary/aromatic N) is 1. The number of nitrogens with one attached hydrogen (secondary N) is 1. The molecule has 1 atom stereocenters. The standard InChI is InChI=1S/C23H21F3N2O7S/c1-12(14-6-4-5-7-15(14)23(24,25)26)35-18-11-19(36-20(18)21(29)30)27-16-10-13(22(33-2)34-3)8-9-17(16)28(31)32/h4-12,22,27H,1-3H3,(H,29,30)/t12-/m1/s1. The van der Waals surface area contributed by atoms with Crippen LogP contribution >= 0.6 is 11.3 Å². The van der Waals surface area contributed by atoms with Gasteiger partial charge in [-0.05, 0) is 25.1 Å². The van der Waals surface area contributed by atoms with Crippen LogP contribution in [0.15, 0.2) is 48.5 Å². The monoisotopic (exact) mass is 526 g/mol. The van der Waals surface area contributed by atoms with Gasteiger partial charge in [-0.15, -0.1) is 11.3 Å². The molecule has 36 heavy (non-hydrogen) atoms. The largest absolute Gasteiger partial charge is 0.484 e. The van der Waals surface area contributed by atoms with Gasteiger partial charge in [0.25, 0.3) is 5.69 Å². The van der Waals surface area contributed by atoms with Gasteiger partial charge in [-0.25, -0.2) is 4.79 Å². The number of carbonyl (C=O) groups is 1. The highest BCUT2D eigenvalue weighted by Crippen LogP contribution is 2.41. The number of hydrogen-bond donors (Lipinski definition) is 2. The van der Waals surface area contributed by atoms with Crippen molar-refractivity contribution in [2.24, 2.45) is 0 Å². The van der Waals surface area contributed by atoms with Crippen molar-refractivity contribution < 1.29 is 42.2 Å². The average molecular weight is 526 g/mol. The van der Waals surface area contributed by atoms with E-state index in [0.29, 0.717) is 16.9 Å². The number of nitro benzene ring substituents is 1. The molecule has 192 valence electrons. The number of halogens is 3. The first-order valence-corrected chi connectivity index (χ1v) is 11.1. The number of benzene rings is 2. The molecule has 0 aliphatic carbocycles. The summed E-state index contributed by atoms with van der Waals surface area (Å²) in [4.78, 5) is 22.4. The highest BCUT2D eigenvalue weighted by Gasteiger charge is 2.35. The first-order valence-electron chi connectivity index (χ1n) is 10.3. The quantitative estimate of drug-likeness (QED) is 0.173. The van der Waals surface area contributed by atoms with Gasteiger partial charge < -0.3 is 24.6 Å². The van der Waals surface area contributed by atoms with Crippen LogP contribution in [0.1, 0.15) is 45.7 Å². The SMILES string of the molecule is COC(OC)c1ccc([N+](=O)[O-])c(Nc2cc(O[C@H](C)c3ccccc3C(F)(F)F)c(C(=O)O)s2)c1. The Hall–Kier alpha value is -3.68. The summed E-state index contributed by atoms with van der Waals surface area (Å²) in [6, 6.07) is 10.2. The van der Waals surface area contributed by atoms with E-state index >= 15 is 0 Å². The van der Waals surface area contributed by atoms with Gasteiger partial charge in [0.1, 0.15) is 17.5 Å². The predicted molar refractivity (Wildman–Crippen MR) is 125 cm³/mol. The highest BCUT2D eigenvalue weighted by atomic mass is 32.1. The zero-order valence-electron chi connectivity index (χ0n) is 19.2. The van der Waals surface area contributed by atoms with Crippen LogP contribution in [0.5, 0.6) is 5.75 Å². The summed E-state index contributed by atoms with van der Waals surface area (Å²) in [7, 11) is 2.78. The lowest BCUT2D eigenvalue weighted by molar-refractivity contribution is -0.383. The number of carboxylic acids is 1. The number of alkyl halides is 3. The molecule has 13 heteroatoms. The molecule has 0 saturated heterocycles. The topological polar surface area (TPSA) is 120 Å². The van der Waals surface area contributed by atoms with Crippen molar-refractivity contribution >= 4 is 33.7 Å². The van der Waals surface area contributed by atoms with Crippen molar-refractivity contribution in [2.75, 3.05) is 19.5 Å². The van der Waals surface area contributed by atoms with Crippen molar-refractivity contribution in [1.82, 2.24) is 0 Å². The molecule has 0 aliphatic rings. The normalized spacial score (nSPS) is 12.4. The van der Waals surface area contributed by atoms with Gasteiger partial charge in [-0.3, -0.25) is 10.1 Å². The molecular weight excluding hydrogens is 505 g/mol. The lowest BCUT2D eigenvalue weighted by Gasteiger charge is -2.19. The Morgan fingerprint density at radius 1 is 1.14 bits per heavy atom. The second-order valence-electron chi connectivity index (χ2n) is 7.42. The Morgan fingerprint density at radius 2 is 1.81 bits per heavy atom. The predicted octanol–water partition coefficient (Wildman–Crippen LogP) is 6.55. The molecular formula is C23H21F3N2O7S. The summed E-state index contributed by atoms with van der Waals surface area (Å²) in [5, 5.41) is 24.1. The Morgan fingerprint density at radius 3 is 2.39 bits per heavy atom. The first-order chi connectivity index (χ1) is 17.0. The Kier molecular flexibility index (Phi) is 8.17. The third-order valence-corrected chi connectivity index (χ3v) is 6.10. The van der Waals surface area contributed by atoms with Gasteiger partial charge in [-0.1, -0.05) is 18.2 Å². The van der Waals surface area contributed by atoms with Crippen LogP contribution in [0.2, 0.25) is 0 Å². The van der Waals surface area contributed by atoms with E-state index in [2.05, 4.69) is 5.32 Å². The lowest BCUT2D eigenvalue weighted by atomic mass is 10.0. The Labute approximate surface area is 207 Å². The molecule has 0 bridgehead atoms. The van der Waals surface area contributed by atoms with Crippen LogP contribution in [0, 0.1) is 10.1 Å². The lowest BCUT2D eigenvalue weighted by Crippen LogP contribution is -2.14. The number of rotatable bonds is 10. The van der Waals surface area contributed by atoms with E-state index in [-0.39, 0.29) is 32.6 Å². The highest BCUT2D eigenvalue weighted by molar-refractivity contribution is 7.18. The molecule has 1 heterocycles. The number of carboxylic acid groups (broad SMARTS) is 1. The summed E-state index contributed by atoms with van der Waals surface area (Å²) in [5.41, 5.74) is -0.893. The van der Waals surface area contributed by atoms with Crippen LogP contribution < -0.4 is 10.1 Å². The molecule has 0 saturated carbocycles. The van der Waals surface area contributed by atoms with Crippen LogP contribution in [0.3, 0.4) is 0 Å². The fraction of sp³-hybridized carbons (Fsp3) is 0.261. The molecule has 3 aromatic rings. The number of methoxy groups -OCH3 is 2. The molecule has 2 aromatic carbocycles. The van der Waals surface area contributed by atoms with E-state index in [1.165, 1.54) is 63.6 Å². The molecule has 1 aromatic heterocycles. The number of ether oxygens (including phenoxy) is 3. The average Bonchev–Trinajstić information content (AvgIpc) is 3.21. The van der Waals surface area contributed by atoms with Gasteiger partial charge in [0.05, 0.1) is 15.5 Å². The summed E-state index contributed by atoms with van der Waals surface area (Å²) >= 11 is 0.713. The molecule has 3 rings (SSSR count). The number of nitro groups is 1. The molecule has 0 amide bonds. The minimum atomic E-state index is -4.63. The fourth-order valence-electron chi connectivity index (χ4n) is 3.50. The smallest absolute Gasteiger partial charge is 0.416 e. The zero-order chi connectivity index (χ0) is 26.6. The van der Waals surface area contributed by atoms with Gasteiger partial charge in [0.2, 0.25) is 0 Å². The van der Waals surface area contributed by atoms with Crippen LogP contribution in [-0.2, 0) is 15.7 Å². The Bertz CT molecular complexity index is 1260. The molecule has 0 unspecified atom stereocenters. The number of thiophene rings is 1. The van der Waals surface area contributed by atoms with Crippen molar-refractivity contribution in [3.8, 4) is 5.75 Å². The number of aromatic carboxylic acids is 1. The third kappa shape index (κ3) is 5.93. The molecule has 2 N–H and O–H groups in total. The Balaban J connectivity index is 1.97. The minimum absolute atomic E-state index is 0.0248. The maximum absolute atomic E-state index is 13.4. The van der Waals surface area contributed by atoms with Crippen molar-refractivity contribution in [2.45, 2.75) is 25.5 Å². The summed E-state index contributed by atoms with van der Waals surface area (Å²) in [6.45, 7) is 1.37. The summed E-state index contributed by atoms with van der Waals surface area (Å²) in [6.07, 6.45) is -6.58. The minimum Gasteiger partial charge on any atom is -0.484 e. The maximum atomic E-state index is 13.4. The zero-order valence-corrected chi connectivity index (χ0v) is 20.0. The number of hydrogen-bond acceptors (Lipinski definition) is 8. The first kappa shape index (κ1) is 26.9. The van der Waals surface area contributed by atoms with E-state index in [9.17, 15) is 33.2 Å². The van der Waals surface area contributed by atoms with E-state index in [4.69, 9.17) is 14.2 Å². The summed E-state index contributed by atoms with van der Waals surface area (Å²) < 4.78 is 56.2. The van der Waals surface area contributed by atoms with Crippen LogP contribution in [0.4, 0.5) is 29.5 Å². The second-order valence-corrected chi connectivity index (χ2v) is 8.47. The molecule has 0 spiro atoms. The van der Waals surface area contributed by atoms with Gasteiger partial charge in [0, 0.05) is 37.5 Å². The second kappa shape index (κ2) is 10.9. The third-order valence-electron chi connectivity index (χ3n) is 5.08. The van der Waals surface area contributed by atoms with Gasteiger partial charge in [0.15, 0.2) is 11.2 Å². The van der Waals surface area contributed by atoms with Gasteiger partial charge in [-0.2, -0.15) is 13.2 Å². The van der Waals surface area contributed by atoms with E-state index < -0.39 is 35.0 Å². The van der Waals surface area contributed by atoms with Gasteiger partial charge >= 0.3 is 12.1 Å². The van der Waals surface area contributed by atoms with Crippen molar-refractivity contribution in [3.05, 3.63) is 80.2 Å². The van der Waals surface area contributed by atoms with Crippen molar-refractivity contribution in [1.29, 1.82) is 0 Å². The van der Waals surface area contributed by atoms with E-state index in [1.54, 1.807) is 0 Å². The number of anilines is 2. The molecule has 0 radical (unpaired) electrons. The molecule has 0 aliphatic heterocycles. The maximum Gasteiger partial charge on any atom is 0.416 e. The summed E-state index contributed by atoms with van der Waals surface area (Å²) in [5.74, 6) is -1.56. The van der Waals surface area contributed by atoms with Crippen molar-refractivity contribution in [3.63, 3.8) is 0 Å². The van der Waals surface area contributed by atoms with Crippen LogP contribution in [0.25, 0.3) is 0 Å².